The molecule has 0 bridgehead atoms. The molecular formula is C18H20ClNS. The quantitative estimate of drug-likeness (QED) is 0.791. The molecule has 0 heterocycles. The normalized spacial score (nSPS) is 21.6. The average Bonchev–Trinajstić information content (AvgIpc) is 2.68. The summed E-state index contributed by atoms with van der Waals surface area (Å²) >= 11 is 8.24. The third kappa shape index (κ3) is 3.28. The molecule has 0 aromatic heterocycles. The molecule has 2 atom stereocenters. The van der Waals surface area contributed by atoms with Gasteiger partial charge in [0, 0.05) is 16.2 Å². The molecule has 0 saturated carbocycles. The summed E-state index contributed by atoms with van der Waals surface area (Å²) in [5, 5.41) is 4.89. The molecule has 1 nitrogen and oxygen atoms in total. The van der Waals surface area contributed by atoms with E-state index in [4.69, 9.17) is 11.6 Å². The third-order valence-corrected chi connectivity index (χ3v) is 5.98. The van der Waals surface area contributed by atoms with Gasteiger partial charge in [0.2, 0.25) is 0 Å². The van der Waals surface area contributed by atoms with Crippen LogP contribution in [-0.2, 0) is 6.42 Å². The molecular weight excluding hydrogens is 298 g/mol. The number of hydrogen-bond donors (Lipinski definition) is 1. The SMILES string of the molecule is CNC1c2ccccc2CCCC1Sc1ccccc1Cl. The lowest BCUT2D eigenvalue weighted by Crippen LogP contribution is -2.27. The minimum atomic E-state index is 0.380. The van der Waals surface area contributed by atoms with Crippen molar-refractivity contribution in [1.29, 1.82) is 0 Å². The Kier molecular flexibility index (Phi) is 4.89. The number of fused-ring (bicyclic) bond motifs is 1. The Labute approximate surface area is 136 Å². The second-order valence-corrected chi connectivity index (χ2v) is 7.13. The van der Waals surface area contributed by atoms with E-state index in [0.717, 1.165) is 5.02 Å². The van der Waals surface area contributed by atoms with Crippen molar-refractivity contribution >= 4 is 23.4 Å². The van der Waals surface area contributed by atoms with Gasteiger partial charge in [0.25, 0.3) is 0 Å². The van der Waals surface area contributed by atoms with E-state index in [1.807, 2.05) is 23.9 Å². The van der Waals surface area contributed by atoms with E-state index in [1.54, 1.807) is 0 Å². The zero-order valence-corrected chi connectivity index (χ0v) is 13.8. The largest absolute Gasteiger partial charge is 0.312 e. The van der Waals surface area contributed by atoms with Gasteiger partial charge in [-0.3, -0.25) is 0 Å². The van der Waals surface area contributed by atoms with Crippen molar-refractivity contribution < 1.29 is 0 Å². The highest BCUT2D eigenvalue weighted by molar-refractivity contribution is 8.00. The first-order valence-electron chi connectivity index (χ1n) is 7.46. The van der Waals surface area contributed by atoms with Gasteiger partial charge < -0.3 is 5.32 Å². The Hall–Kier alpha value is -0.960. The molecule has 3 heteroatoms. The minimum Gasteiger partial charge on any atom is -0.312 e. The van der Waals surface area contributed by atoms with E-state index in [-0.39, 0.29) is 0 Å². The maximum Gasteiger partial charge on any atom is 0.0541 e. The van der Waals surface area contributed by atoms with E-state index in [2.05, 4.69) is 48.8 Å². The van der Waals surface area contributed by atoms with Crippen LogP contribution in [0, 0.1) is 0 Å². The summed E-state index contributed by atoms with van der Waals surface area (Å²) < 4.78 is 0. The molecule has 0 amide bonds. The van der Waals surface area contributed by atoms with Crippen molar-refractivity contribution in [2.24, 2.45) is 0 Å². The predicted octanol–water partition coefficient (Wildman–Crippen LogP) is 5.10. The number of halogens is 1. The van der Waals surface area contributed by atoms with Crippen LogP contribution >= 0.6 is 23.4 Å². The number of aryl methyl sites for hydroxylation is 1. The fourth-order valence-corrected chi connectivity index (χ4v) is 4.73. The van der Waals surface area contributed by atoms with Gasteiger partial charge in [0.05, 0.1) is 5.02 Å². The maximum atomic E-state index is 6.33. The molecule has 1 aliphatic rings. The summed E-state index contributed by atoms with van der Waals surface area (Å²) in [6.07, 6.45) is 3.61. The van der Waals surface area contributed by atoms with Crippen molar-refractivity contribution in [3.63, 3.8) is 0 Å². The Bertz CT molecular complexity index is 614. The van der Waals surface area contributed by atoms with Gasteiger partial charge >= 0.3 is 0 Å². The topological polar surface area (TPSA) is 12.0 Å². The fraction of sp³-hybridized carbons (Fsp3) is 0.333. The van der Waals surface area contributed by atoms with E-state index >= 15 is 0 Å². The molecule has 110 valence electrons. The summed E-state index contributed by atoms with van der Waals surface area (Å²) in [5.74, 6) is 0. The molecule has 21 heavy (non-hydrogen) atoms. The molecule has 0 spiro atoms. The van der Waals surface area contributed by atoms with Crippen LogP contribution in [0.4, 0.5) is 0 Å². The van der Waals surface area contributed by atoms with Crippen molar-refractivity contribution in [1.82, 2.24) is 5.32 Å². The first-order valence-corrected chi connectivity index (χ1v) is 8.71. The van der Waals surface area contributed by atoms with Crippen LogP contribution < -0.4 is 5.32 Å². The van der Waals surface area contributed by atoms with Crippen molar-refractivity contribution in [2.75, 3.05) is 7.05 Å². The summed E-state index contributed by atoms with van der Waals surface area (Å²) in [4.78, 5) is 1.18. The van der Waals surface area contributed by atoms with E-state index < -0.39 is 0 Å². The Morgan fingerprint density at radius 1 is 1.10 bits per heavy atom. The van der Waals surface area contributed by atoms with Crippen molar-refractivity contribution in [3.05, 3.63) is 64.7 Å². The highest BCUT2D eigenvalue weighted by Gasteiger charge is 2.27. The first kappa shape index (κ1) is 15.0. The number of hydrogen-bond acceptors (Lipinski definition) is 2. The summed E-state index contributed by atoms with van der Waals surface area (Å²) in [5.41, 5.74) is 2.93. The van der Waals surface area contributed by atoms with Gasteiger partial charge in [0.1, 0.15) is 0 Å². The van der Waals surface area contributed by atoms with E-state index in [1.165, 1.54) is 35.3 Å². The van der Waals surface area contributed by atoms with Crippen molar-refractivity contribution in [3.8, 4) is 0 Å². The van der Waals surface area contributed by atoms with Gasteiger partial charge in [-0.05, 0) is 49.6 Å². The zero-order valence-electron chi connectivity index (χ0n) is 12.2. The smallest absolute Gasteiger partial charge is 0.0541 e. The second-order valence-electron chi connectivity index (χ2n) is 5.44. The Balaban J connectivity index is 1.90. The molecule has 1 aliphatic carbocycles. The maximum absolute atomic E-state index is 6.33. The van der Waals surface area contributed by atoms with Crippen LogP contribution in [0.1, 0.15) is 30.0 Å². The molecule has 0 radical (unpaired) electrons. The first-order chi connectivity index (χ1) is 10.3. The fourth-order valence-electron chi connectivity index (χ4n) is 3.10. The summed E-state index contributed by atoms with van der Waals surface area (Å²) in [6, 6.07) is 17.4. The van der Waals surface area contributed by atoms with Gasteiger partial charge in [-0.2, -0.15) is 0 Å². The van der Waals surface area contributed by atoms with Crippen LogP contribution in [0.5, 0.6) is 0 Å². The number of benzene rings is 2. The lowest BCUT2D eigenvalue weighted by molar-refractivity contribution is 0.548. The lowest BCUT2D eigenvalue weighted by atomic mass is 9.99. The molecule has 2 aromatic rings. The molecule has 2 unspecified atom stereocenters. The van der Waals surface area contributed by atoms with Crippen LogP contribution in [0.15, 0.2) is 53.4 Å². The van der Waals surface area contributed by atoms with Gasteiger partial charge in [-0.25, -0.2) is 0 Å². The number of nitrogens with one attached hydrogen (secondary N) is 1. The van der Waals surface area contributed by atoms with Crippen LogP contribution in [0.3, 0.4) is 0 Å². The molecule has 0 aliphatic heterocycles. The van der Waals surface area contributed by atoms with Gasteiger partial charge in [0.15, 0.2) is 0 Å². The average molecular weight is 318 g/mol. The molecule has 2 aromatic carbocycles. The van der Waals surface area contributed by atoms with Crippen LogP contribution in [0.2, 0.25) is 5.02 Å². The standard InChI is InChI=1S/C18H20ClNS/c1-20-18-14-9-3-2-7-13(14)8-6-12-17(18)21-16-11-5-4-10-15(16)19/h2-5,7,9-11,17-18,20H,6,8,12H2,1H3. The highest BCUT2D eigenvalue weighted by Crippen LogP contribution is 2.40. The Morgan fingerprint density at radius 3 is 2.67 bits per heavy atom. The lowest BCUT2D eigenvalue weighted by Gasteiger charge is -2.26. The predicted molar refractivity (Wildman–Crippen MR) is 92.3 cm³/mol. The minimum absolute atomic E-state index is 0.380. The van der Waals surface area contributed by atoms with E-state index in [0.29, 0.717) is 11.3 Å². The Morgan fingerprint density at radius 2 is 1.86 bits per heavy atom. The number of thioether (sulfide) groups is 1. The second kappa shape index (κ2) is 6.87. The number of rotatable bonds is 3. The molecule has 0 fully saturated rings. The zero-order chi connectivity index (χ0) is 14.7. The monoisotopic (exact) mass is 317 g/mol. The van der Waals surface area contributed by atoms with Crippen LogP contribution in [0.25, 0.3) is 0 Å². The third-order valence-electron chi connectivity index (χ3n) is 4.12. The molecule has 0 saturated heterocycles. The van der Waals surface area contributed by atoms with Gasteiger partial charge in [-0.15, -0.1) is 11.8 Å². The van der Waals surface area contributed by atoms with Crippen LogP contribution in [-0.4, -0.2) is 12.3 Å². The summed E-state index contributed by atoms with van der Waals surface area (Å²) in [6.45, 7) is 0. The van der Waals surface area contributed by atoms with E-state index in [9.17, 15) is 0 Å². The van der Waals surface area contributed by atoms with Gasteiger partial charge in [-0.1, -0.05) is 48.0 Å². The highest BCUT2D eigenvalue weighted by atomic mass is 35.5. The summed E-state index contributed by atoms with van der Waals surface area (Å²) in [7, 11) is 2.06. The van der Waals surface area contributed by atoms with Crippen molar-refractivity contribution in [2.45, 2.75) is 35.4 Å². The molecule has 1 N–H and O–H groups in total. The molecule has 3 rings (SSSR count).